The van der Waals surface area contributed by atoms with Gasteiger partial charge in [-0.05, 0) is 19.9 Å². The Bertz CT molecular complexity index is 589. The number of aliphatic hydroxyl groups excluding tert-OH is 1. The molecule has 3 N–H and O–H groups in total. The van der Waals surface area contributed by atoms with Crippen molar-refractivity contribution < 1.29 is 24.5 Å². The Balaban J connectivity index is 1.94. The van der Waals surface area contributed by atoms with Crippen LogP contribution in [0.1, 0.15) is 20.1 Å². The van der Waals surface area contributed by atoms with Crippen LogP contribution < -0.4 is 11.2 Å². The second kappa shape index (κ2) is 5.04. The third-order valence-electron chi connectivity index (χ3n) is 3.52. The van der Waals surface area contributed by atoms with Crippen LogP contribution in [0.2, 0.25) is 0 Å². The van der Waals surface area contributed by atoms with Gasteiger partial charge < -0.3 is 19.3 Å². The van der Waals surface area contributed by atoms with Gasteiger partial charge in [-0.15, -0.1) is 0 Å². The van der Waals surface area contributed by atoms with Crippen molar-refractivity contribution in [2.45, 2.75) is 44.2 Å². The largest absolute Gasteiger partial charge is 0.394 e. The van der Waals surface area contributed by atoms with Crippen LogP contribution in [0.5, 0.6) is 0 Å². The van der Waals surface area contributed by atoms with Crippen molar-refractivity contribution in [3.05, 3.63) is 22.7 Å². The van der Waals surface area contributed by atoms with E-state index in [-0.39, 0.29) is 12.4 Å². The highest BCUT2D eigenvalue weighted by molar-refractivity contribution is 5.28. The number of ether oxygens (including phenoxy) is 3. The van der Waals surface area contributed by atoms with Crippen LogP contribution in [0.25, 0.3) is 0 Å². The van der Waals surface area contributed by atoms with Gasteiger partial charge in [0.25, 0.3) is 0 Å². The summed E-state index contributed by atoms with van der Waals surface area (Å²) in [6.45, 7) is 3.28. The van der Waals surface area contributed by atoms with Crippen LogP contribution >= 0.6 is 0 Å². The molecule has 0 aliphatic carbocycles. The van der Waals surface area contributed by atoms with Gasteiger partial charge in [0.2, 0.25) is 0 Å². The van der Waals surface area contributed by atoms with E-state index >= 15 is 0 Å². The first-order valence-electron chi connectivity index (χ1n) is 6.56. The summed E-state index contributed by atoms with van der Waals surface area (Å²) in [5.74, 6) is -0.776. The van der Waals surface area contributed by atoms with Crippen LogP contribution in [0.3, 0.4) is 0 Å². The lowest BCUT2D eigenvalue weighted by molar-refractivity contribution is -0.200. The minimum Gasteiger partial charge on any atom is -0.394 e. The quantitative estimate of drug-likeness (QED) is 0.637. The van der Waals surface area contributed by atoms with Gasteiger partial charge in [-0.2, -0.15) is 4.98 Å². The van der Waals surface area contributed by atoms with Crippen LogP contribution in [0.15, 0.2) is 17.1 Å². The summed E-state index contributed by atoms with van der Waals surface area (Å²) < 4.78 is 18.4. The molecule has 0 amide bonds. The molecule has 9 nitrogen and oxygen atoms in total. The molecule has 9 heteroatoms. The molecule has 0 aromatic carbocycles. The summed E-state index contributed by atoms with van der Waals surface area (Å²) >= 11 is 0. The fraction of sp³-hybridized carbons (Fsp3) is 0.667. The predicted octanol–water partition coefficient (Wildman–Crippen LogP) is -0.546. The van der Waals surface area contributed by atoms with Crippen molar-refractivity contribution in [2.24, 2.45) is 0 Å². The maximum absolute atomic E-state index is 12.0. The Kier molecular flexibility index (Phi) is 3.46. The molecule has 21 heavy (non-hydrogen) atoms. The zero-order valence-electron chi connectivity index (χ0n) is 11.6. The SMILES string of the molecule is CC1(C)OC2[C@@H](O1)[C@@H](CO)O[C@H]2n1ccc(NO)nc1=O. The molecule has 2 saturated heterocycles. The highest BCUT2D eigenvalue weighted by Gasteiger charge is 2.55. The lowest BCUT2D eigenvalue weighted by atomic mass is 10.1. The molecule has 2 fully saturated rings. The predicted molar refractivity (Wildman–Crippen MR) is 68.7 cm³/mol. The fourth-order valence-electron chi connectivity index (χ4n) is 2.70. The number of rotatable bonds is 3. The summed E-state index contributed by atoms with van der Waals surface area (Å²) in [6.07, 6.45) is -0.877. The second-order valence-corrected chi connectivity index (χ2v) is 5.43. The average molecular weight is 299 g/mol. The smallest absolute Gasteiger partial charge is 0.351 e. The van der Waals surface area contributed by atoms with Gasteiger partial charge in [-0.25, -0.2) is 4.79 Å². The summed E-state index contributed by atoms with van der Waals surface area (Å²) in [4.78, 5) is 15.6. The summed E-state index contributed by atoms with van der Waals surface area (Å²) in [7, 11) is 0. The molecule has 116 valence electrons. The van der Waals surface area contributed by atoms with E-state index in [1.165, 1.54) is 16.8 Å². The van der Waals surface area contributed by atoms with E-state index in [0.717, 1.165) is 0 Å². The lowest BCUT2D eigenvalue weighted by Crippen LogP contribution is -2.34. The number of hydrogen-bond donors (Lipinski definition) is 3. The second-order valence-electron chi connectivity index (χ2n) is 5.43. The van der Waals surface area contributed by atoms with Gasteiger partial charge in [0, 0.05) is 6.20 Å². The van der Waals surface area contributed by atoms with Crippen molar-refractivity contribution in [1.29, 1.82) is 0 Å². The molecule has 1 aromatic heterocycles. The molecular formula is C12H17N3O6. The van der Waals surface area contributed by atoms with E-state index in [4.69, 9.17) is 19.4 Å². The molecule has 1 aromatic rings. The first-order chi connectivity index (χ1) is 9.95. The summed E-state index contributed by atoms with van der Waals surface area (Å²) in [5.41, 5.74) is 1.20. The number of aliphatic hydroxyl groups is 1. The first-order valence-corrected chi connectivity index (χ1v) is 6.56. The molecule has 0 radical (unpaired) electrons. The molecule has 2 aliphatic heterocycles. The van der Waals surface area contributed by atoms with Crippen molar-refractivity contribution in [2.75, 3.05) is 12.1 Å². The van der Waals surface area contributed by atoms with E-state index < -0.39 is 36.0 Å². The molecule has 1 unspecified atom stereocenters. The van der Waals surface area contributed by atoms with Gasteiger partial charge in [0.05, 0.1) is 6.61 Å². The summed E-state index contributed by atoms with van der Waals surface area (Å²) in [6, 6.07) is 1.42. The van der Waals surface area contributed by atoms with E-state index in [1.54, 1.807) is 19.3 Å². The van der Waals surface area contributed by atoms with Crippen molar-refractivity contribution in [1.82, 2.24) is 9.55 Å². The molecule has 4 atom stereocenters. The highest BCUT2D eigenvalue weighted by Crippen LogP contribution is 2.42. The molecular weight excluding hydrogens is 282 g/mol. The van der Waals surface area contributed by atoms with Crippen molar-refractivity contribution >= 4 is 5.82 Å². The Hall–Kier alpha value is -1.52. The number of aromatic nitrogens is 2. The Labute approximate surface area is 120 Å². The molecule has 0 spiro atoms. The highest BCUT2D eigenvalue weighted by atomic mass is 16.8. The average Bonchev–Trinajstić information content (AvgIpc) is 2.92. The minimum atomic E-state index is -0.811. The minimum absolute atomic E-state index is 0.0356. The van der Waals surface area contributed by atoms with Gasteiger partial charge in [0.15, 0.2) is 17.8 Å². The van der Waals surface area contributed by atoms with Crippen LogP contribution in [0.4, 0.5) is 5.82 Å². The van der Waals surface area contributed by atoms with E-state index in [2.05, 4.69) is 4.98 Å². The monoisotopic (exact) mass is 299 g/mol. The van der Waals surface area contributed by atoms with Crippen LogP contribution in [0, 0.1) is 0 Å². The standard InChI is InChI=1S/C12H17N3O6/c1-12(2)20-8-6(5-16)19-10(9(8)21-12)15-4-3-7(14-18)13-11(15)17/h3-4,6,8-10,16,18H,5H2,1-2H3,(H,13,14,17)/t6-,8+,9?,10-/m1/s1. The lowest BCUT2D eigenvalue weighted by Gasteiger charge is -2.24. The van der Waals surface area contributed by atoms with E-state index in [9.17, 15) is 9.90 Å². The number of nitrogens with one attached hydrogen (secondary N) is 1. The van der Waals surface area contributed by atoms with Gasteiger partial charge in [-0.3, -0.25) is 15.3 Å². The molecule has 0 bridgehead atoms. The summed E-state index contributed by atoms with van der Waals surface area (Å²) in [5, 5.41) is 18.1. The number of hydrogen-bond acceptors (Lipinski definition) is 8. The first kappa shape index (κ1) is 14.4. The molecule has 2 aliphatic rings. The molecule has 3 rings (SSSR count). The Morgan fingerprint density at radius 2 is 2.14 bits per heavy atom. The zero-order valence-corrected chi connectivity index (χ0v) is 11.6. The normalized spacial score (nSPS) is 33.9. The van der Waals surface area contributed by atoms with Gasteiger partial charge in [0.1, 0.15) is 18.3 Å². The van der Waals surface area contributed by atoms with Crippen LogP contribution in [-0.2, 0) is 14.2 Å². The molecule has 0 saturated carbocycles. The maximum Gasteiger partial charge on any atom is 0.351 e. The third-order valence-corrected chi connectivity index (χ3v) is 3.52. The Morgan fingerprint density at radius 3 is 2.76 bits per heavy atom. The Morgan fingerprint density at radius 1 is 1.43 bits per heavy atom. The van der Waals surface area contributed by atoms with Crippen molar-refractivity contribution in [3.63, 3.8) is 0 Å². The topological polar surface area (TPSA) is 115 Å². The number of nitrogens with zero attached hydrogens (tertiary/aromatic N) is 2. The third kappa shape index (κ3) is 2.43. The maximum atomic E-state index is 12.0. The van der Waals surface area contributed by atoms with E-state index in [1.807, 2.05) is 0 Å². The van der Waals surface area contributed by atoms with Gasteiger partial charge in [-0.1, -0.05) is 0 Å². The molecule has 3 heterocycles. The van der Waals surface area contributed by atoms with Crippen LogP contribution in [-0.4, -0.2) is 50.6 Å². The number of anilines is 1. The van der Waals surface area contributed by atoms with Crippen molar-refractivity contribution in [3.8, 4) is 0 Å². The van der Waals surface area contributed by atoms with E-state index in [0.29, 0.717) is 0 Å². The zero-order chi connectivity index (χ0) is 15.2. The fourth-order valence-corrected chi connectivity index (χ4v) is 2.70. The number of fused-ring (bicyclic) bond motifs is 1. The van der Waals surface area contributed by atoms with Gasteiger partial charge >= 0.3 is 5.69 Å².